The molecule has 0 aliphatic rings. The van der Waals surface area contributed by atoms with Crippen LogP contribution >= 0.6 is 15.9 Å². The molecule has 0 fully saturated rings. The van der Waals surface area contributed by atoms with Crippen LogP contribution in [-0.2, 0) is 9.53 Å². The summed E-state index contributed by atoms with van der Waals surface area (Å²) in [5, 5.41) is 0. The summed E-state index contributed by atoms with van der Waals surface area (Å²) in [6.45, 7) is 2.05. The molecule has 0 aliphatic heterocycles. The number of hydrogen-bond donors (Lipinski definition) is 0. The highest BCUT2D eigenvalue weighted by molar-refractivity contribution is 9.11. The van der Waals surface area contributed by atoms with E-state index in [2.05, 4.69) is 20.7 Å². The van der Waals surface area contributed by atoms with Crippen LogP contribution in [0, 0.1) is 0 Å². The van der Waals surface area contributed by atoms with Gasteiger partial charge in [0.05, 0.1) is 7.11 Å². The molecule has 0 aromatic heterocycles. The molecule has 0 rings (SSSR count). The SMILES string of the molecule is CCC/C(Br)=C/C(=O)OC. The van der Waals surface area contributed by atoms with Crippen LogP contribution < -0.4 is 0 Å². The number of carbonyl (C=O) groups is 1. The number of allylic oxidation sites excluding steroid dienone is 1. The fraction of sp³-hybridized carbons (Fsp3) is 0.571. The van der Waals surface area contributed by atoms with Gasteiger partial charge in [0.15, 0.2) is 0 Å². The van der Waals surface area contributed by atoms with Gasteiger partial charge in [-0.3, -0.25) is 0 Å². The minimum Gasteiger partial charge on any atom is -0.466 e. The van der Waals surface area contributed by atoms with Gasteiger partial charge < -0.3 is 4.74 Å². The molecule has 0 radical (unpaired) electrons. The molecule has 0 unspecified atom stereocenters. The Morgan fingerprint density at radius 3 is 2.70 bits per heavy atom. The van der Waals surface area contributed by atoms with Crippen molar-refractivity contribution in [1.29, 1.82) is 0 Å². The van der Waals surface area contributed by atoms with Crippen molar-refractivity contribution in [3.8, 4) is 0 Å². The Labute approximate surface area is 69.4 Å². The molecule has 0 aromatic rings. The average molecular weight is 207 g/mol. The highest BCUT2D eigenvalue weighted by Crippen LogP contribution is 2.11. The van der Waals surface area contributed by atoms with E-state index in [1.54, 1.807) is 0 Å². The first kappa shape index (κ1) is 9.69. The Hall–Kier alpha value is -0.310. The number of rotatable bonds is 3. The van der Waals surface area contributed by atoms with Crippen molar-refractivity contribution < 1.29 is 9.53 Å². The van der Waals surface area contributed by atoms with Crippen molar-refractivity contribution in [3.05, 3.63) is 10.6 Å². The molecule has 2 nitrogen and oxygen atoms in total. The first-order valence-electron chi connectivity index (χ1n) is 3.14. The minimum absolute atomic E-state index is 0.305. The predicted octanol–water partition coefficient (Wildman–Crippen LogP) is 2.24. The van der Waals surface area contributed by atoms with E-state index in [1.807, 2.05) is 6.92 Å². The largest absolute Gasteiger partial charge is 0.466 e. The van der Waals surface area contributed by atoms with Crippen LogP contribution in [0.25, 0.3) is 0 Å². The molecule has 0 aliphatic carbocycles. The van der Waals surface area contributed by atoms with Gasteiger partial charge in [0.2, 0.25) is 0 Å². The number of hydrogen-bond acceptors (Lipinski definition) is 2. The molecule has 0 spiro atoms. The van der Waals surface area contributed by atoms with Crippen molar-refractivity contribution in [1.82, 2.24) is 0 Å². The maximum absolute atomic E-state index is 10.6. The van der Waals surface area contributed by atoms with E-state index in [0.717, 1.165) is 17.3 Å². The number of ether oxygens (including phenoxy) is 1. The molecule has 0 atom stereocenters. The summed E-state index contributed by atoms with van der Waals surface area (Å²) in [6.07, 6.45) is 3.35. The second-order valence-corrected chi connectivity index (χ2v) is 2.88. The Morgan fingerprint density at radius 2 is 2.30 bits per heavy atom. The molecule has 0 saturated heterocycles. The van der Waals surface area contributed by atoms with Gasteiger partial charge in [-0.2, -0.15) is 0 Å². The van der Waals surface area contributed by atoms with E-state index in [1.165, 1.54) is 13.2 Å². The van der Waals surface area contributed by atoms with Crippen LogP contribution in [0.4, 0.5) is 0 Å². The molecular weight excluding hydrogens is 196 g/mol. The smallest absolute Gasteiger partial charge is 0.331 e. The van der Waals surface area contributed by atoms with Crippen LogP contribution in [0.2, 0.25) is 0 Å². The summed E-state index contributed by atoms with van der Waals surface area (Å²) in [5.41, 5.74) is 0. The maximum atomic E-state index is 10.6. The summed E-state index contributed by atoms with van der Waals surface area (Å²) in [7, 11) is 1.37. The second-order valence-electron chi connectivity index (χ2n) is 1.86. The average Bonchev–Trinajstić information content (AvgIpc) is 1.88. The molecular formula is C7H11BrO2. The summed E-state index contributed by atoms with van der Waals surface area (Å²) in [6, 6.07) is 0. The van der Waals surface area contributed by atoms with Crippen molar-refractivity contribution in [3.63, 3.8) is 0 Å². The molecule has 0 heterocycles. The molecule has 0 amide bonds. The highest BCUT2D eigenvalue weighted by Gasteiger charge is 1.95. The zero-order valence-electron chi connectivity index (χ0n) is 6.19. The fourth-order valence-corrected chi connectivity index (χ4v) is 1.08. The van der Waals surface area contributed by atoms with E-state index in [0.29, 0.717) is 0 Å². The molecule has 0 N–H and O–H groups in total. The topological polar surface area (TPSA) is 26.3 Å². The van der Waals surface area contributed by atoms with Crippen LogP contribution in [0.3, 0.4) is 0 Å². The maximum Gasteiger partial charge on any atom is 0.331 e. The van der Waals surface area contributed by atoms with Crippen molar-refractivity contribution in [2.75, 3.05) is 7.11 Å². The summed E-state index contributed by atoms with van der Waals surface area (Å²) < 4.78 is 5.31. The third-order valence-electron chi connectivity index (χ3n) is 0.964. The van der Waals surface area contributed by atoms with Gasteiger partial charge in [-0.25, -0.2) is 4.79 Å². The van der Waals surface area contributed by atoms with Gasteiger partial charge in [-0.1, -0.05) is 29.3 Å². The van der Waals surface area contributed by atoms with Gasteiger partial charge in [0.25, 0.3) is 0 Å². The van der Waals surface area contributed by atoms with Gasteiger partial charge in [-0.05, 0) is 6.42 Å². The lowest BCUT2D eigenvalue weighted by molar-refractivity contribution is -0.134. The van der Waals surface area contributed by atoms with Gasteiger partial charge in [0.1, 0.15) is 0 Å². The van der Waals surface area contributed by atoms with Gasteiger partial charge in [-0.15, -0.1) is 0 Å². The quantitative estimate of drug-likeness (QED) is 0.524. The van der Waals surface area contributed by atoms with E-state index in [4.69, 9.17) is 0 Å². The number of halogens is 1. The van der Waals surface area contributed by atoms with Crippen molar-refractivity contribution in [2.45, 2.75) is 19.8 Å². The van der Waals surface area contributed by atoms with Gasteiger partial charge in [0, 0.05) is 10.6 Å². The Kier molecular flexibility index (Phi) is 5.30. The first-order valence-corrected chi connectivity index (χ1v) is 3.94. The van der Waals surface area contributed by atoms with Crippen molar-refractivity contribution in [2.24, 2.45) is 0 Å². The zero-order valence-corrected chi connectivity index (χ0v) is 7.77. The van der Waals surface area contributed by atoms with Crippen LogP contribution in [0.15, 0.2) is 10.6 Å². The van der Waals surface area contributed by atoms with Crippen molar-refractivity contribution >= 4 is 21.9 Å². The Morgan fingerprint density at radius 1 is 1.70 bits per heavy atom. The molecule has 0 bridgehead atoms. The Bertz CT molecular complexity index is 141. The molecule has 0 aromatic carbocycles. The lowest BCUT2D eigenvalue weighted by Crippen LogP contribution is -1.94. The Balaban J connectivity index is 3.77. The summed E-state index contributed by atoms with van der Waals surface area (Å²) in [5.74, 6) is -0.305. The number of carbonyl (C=O) groups excluding carboxylic acids is 1. The predicted molar refractivity (Wildman–Crippen MR) is 43.9 cm³/mol. The van der Waals surface area contributed by atoms with E-state index in [-0.39, 0.29) is 5.97 Å². The monoisotopic (exact) mass is 206 g/mol. The molecule has 0 saturated carbocycles. The van der Waals surface area contributed by atoms with Crippen LogP contribution in [-0.4, -0.2) is 13.1 Å². The van der Waals surface area contributed by atoms with Crippen LogP contribution in [0.5, 0.6) is 0 Å². The van der Waals surface area contributed by atoms with E-state index < -0.39 is 0 Å². The number of methoxy groups -OCH3 is 1. The van der Waals surface area contributed by atoms with Gasteiger partial charge >= 0.3 is 5.97 Å². The normalized spacial score (nSPS) is 11.3. The standard InChI is InChI=1S/C7H11BrO2/c1-3-4-6(8)5-7(9)10-2/h5H,3-4H2,1-2H3/b6-5-. The summed E-state index contributed by atoms with van der Waals surface area (Å²) >= 11 is 3.24. The summed E-state index contributed by atoms with van der Waals surface area (Å²) in [4.78, 5) is 10.6. The van der Waals surface area contributed by atoms with Crippen LogP contribution in [0.1, 0.15) is 19.8 Å². The van der Waals surface area contributed by atoms with E-state index >= 15 is 0 Å². The fourth-order valence-electron chi connectivity index (χ4n) is 0.498. The molecule has 3 heteroatoms. The highest BCUT2D eigenvalue weighted by atomic mass is 79.9. The number of esters is 1. The zero-order chi connectivity index (χ0) is 7.98. The molecule has 58 valence electrons. The minimum atomic E-state index is -0.305. The van der Waals surface area contributed by atoms with E-state index in [9.17, 15) is 4.79 Å². The first-order chi connectivity index (χ1) is 4.70. The third-order valence-corrected chi connectivity index (χ3v) is 1.59. The second kappa shape index (κ2) is 5.47. The third kappa shape index (κ3) is 4.56. The lowest BCUT2D eigenvalue weighted by Gasteiger charge is -1.93. The lowest BCUT2D eigenvalue weighted by atomic mass is 10.3. The molecule has 10 heavy (non-hydrogen) atoms.